The fraction of sp³-hybridized carbons (Fsp3) is 0.0952. The van der Waals surface area contributed by atoms with Gasteiger partial charge in [0.05, 0.1) is 16.3 Å². The summed E-state index contributed by atoms with van der Waals surface area (Å²) in [5, 5.41) is 19.5. The van der Waals surface area contributed by atoms with Gasteiger partial charge < -0.3 is 10.8 Å². The number of aryl methyl sites for hydroxylation is 1. The van der Waals surface area contributed by atoms with E-state index in [9.17, 15) is 18.3 Å². The first kappa shape index (κ1) is 21.7. The van der Waals surface area contributed by atoms with Crippen molar-refractivity contribution in [3.8, 4) is 16.4 Å². The summed E-state index contributed by atoms with van der Waals surface area (Å²) in [6.45, 7) is 1.62. The van der Waals surface area contributed by atoms with Crippen molar-refractivity contribution >= 4 is 33.1 Å². The molecule has 0 fully saturated rings. The highest BCUT2D eigenvalue weighted by atomic mass is 32.2. The second-order valence-electron chi connectivity index (χ2n) is 7.07. The predicted molar refractivity (Wildman–Crippen MR) is 121 cm³/mol. The van der Waals surface area contributed by atoms with Crippen LogP contribution in [-0.2, 0) is 16.4 Å². The maximum atomic E-state index is 11.5. The maximum Gasteiger partial charge on any atom is 0.347 e. The Morgan fingerprint density at radius 1 is 1.12 bits per heavy atom. The highest BCUT2D eigenvalue weighted by Gasteiger charge is 2.22. The molecule has 32 heavy (non-hydrogen) atoms. The first-order valence-electron chi connectivity index (χ1n) is 9.41. The van der Waals surface area contributed by atoms with E-state index >= 15 is 0 Å². The molecule has 0 aliphatic heterocycles. The quantitative estimate of drug-likeness (QED) is 0.392. The number of thiazole rings is 1. The van der Waals surface area contributed by atoms with Gasteiger partial charge in [0, 0.05) is 17.5 Å². The van der Waals surface area contributed by atoms with E-state index in [-0.39, 0.29) is 9.77 Å². The number of nitrogen functional groups attached to an aromatic ring is 1. The number of carboxylic acids is 1. The molecule has 5 N–H and O–H groups in total. The molecule has 4 aromatic rings. The molecule has 0 amide bonds. The number of nitrogens with two attached hydrogens (primary N) is 2. The number of hydrogen-bond acceptors (Lipinski definition) is 7. The molecule has 2 aromatic carbocycles. The van der Waals surface area contributed by atoms with Gasteiger partial charge in [-0.25, -0.2) is 23.3 Å². The molecule has 11 heteroatoms. The molecule has 0 atom stereocenters. The zero-order valence-corrected chi connectivity index (χ0v) is 18.5. The van der Waals surface area contributed by atoms with E-state index in [0.29, 0.717) is 34.3 Å². The Labute approximate surface area is 188 Å². The lowest BCUT2D eigenvalue weighted by atomic mass is 10.0. The van der Waals surface area contributed by atoms with Gasteiger partial charge in [0.25, 0.3) is 0 Å². The van der Waals surface area contributed by atoms with E-state index in [4.69, 9.17) is 10.9 Å². The van der Waals surface area contributed by atoms with Gasteiger partial charge in [-0.15, -0.1) is 0 Å². The summed E-state index contributed by atoms with van der Waals surface area (Å²) in [6, 6.07) is 15.7. The molecule has 0 spiro atoms. The van der Waals surface area contributed by atoms with Crippen LogP contribution in [0.4, 0.5) is 5.82 Å². The number of rotatable bonds is 6. The van der Waals surface area contributed by atoms with Gasteiger partial charge in [-0.1, -0.05) is 53.8 Å². The zero-order valence-electron chi connectivity index (χ0n) is 16.9. The Hall–Kier alpha value is -3.54. The van der Waals surface area contributed by atoms with E-state index < -0.39 is 16.0 Å². The van der Waals surface area contributed by atoms with Crippen LogP contribution in [0.5, 0.6) is 0 Å². The average molecular weight is 470 g/mol. The van der Waals surface area contributed by atoms with Crippen LogP contribution >= 0.6 is 11.3 Å². The number of primary sulfonamides is 1. The fourth-order valence-corrected chi connectivity index (χ4v) is 4.67. The normalized spacial score (nSPS) is 11.6. The molecule has 0 unspecified atom stereocenters. The number of nitrogens with zero attached hydrogens (tertiary/aromatic N) is 3. The third-order valence-electron chi connectivity index (χ3n) is 4.86. The van der Waals surface area contributed by atoms with E-state index in [2.05, 4.69) is 10.1 Å². The van der Waals surface area contributed by atoms with E-state index in [1.807, 2.05) is 30.3 Å². The summed E-state index contributed by atoms with van der Waals surface area (Å²) in [7, 11) is -3.79. The number of carbonyl (C=O) groups is 1. The number of aromatic carboxylic acids is 1. The van der Waals surface area contributed by atoms with Crippen molar-refractivity contribution < 1.29 is 18.3 Å². The molecule has 164 valence electrons. The molecule has 2 aromatic heterocycles. The van der Waals surface area contributed by atoms with Gasteiger partial charge in [0.2, 0.25) is 15.2 Å². The number of carboxylic acid groups (broad SMARTS) is 1. The van der Waals surface area contributed by atoms with Gasteiger partial charge in [-0.2, -0.15) is 9.78 Å². The summed E-state index contributed by atoms with van der Waals surface area (Å²) >= 11 is 0.992. The molecule has 4 rings (SSSR count). The van der Waals surface area contributed by atoms with Crippen LogP contribution in [0, 0.1) is 6.92 Å². The van der Waals surface area contributed by atoms with Crippen LogP contribution < -0.4 is 10.9 Å². The van der Waals surface area contributed by atoms with Crippen molar-refractivity contribution in [1.82, 2.24) is 14.8 Å². The highest BCUT2D eigenvalue weighted by molar-refractivity contribution is 7.89. The van der Waals surface area contributed by atoms with Crippen LogP contribution in [0.25, 0.3) is 16.4 Å². The number of anilines is 1. The first-order chi connectivity index (χ1) is 15.1. The highest BCUT2D eigenvalue weighted by Crippen LogP contribution is 2.33. The van der Waals surface area contributed by atoms with Crippen molar-refractivity contribution in [2.75, 3.05) is 5.73 Å². The van der Waals surface area contributed by atoms with E-state index in [1.165, 1.54) is 16.8 Å². The van der Waals surface area contributed by atoms with Gasteiger partial charge in [0.15, 0.2) is 0 Å². The molecule has 0 saturated heterocycles. The summed E-state index contributed by atoms with van der Waals surface area (Å²) in [6.07, 6.45) is 0.372. The first-order valence-corrected chi connectivity index (χ1v) is 11.8. The average Bonchev–Trinajstić information content (AvgIpc) is 3.29. The second-order valence-corrected chi connectivity index (χ2v) is 9.61. The molecule has 0 radical (unpaired) electrons. The van der Waals surface area contributed by atoms with Crippen LogP contribution in [0.2, 0.25) is 0 Å². The number of sulfonamides is 1. The van der Waals surface area contributed by atoms with Crippen LogP contribution in [0.1, 0.15) is 26.5 Å². The van der Waals surface area contributed by atoms with Crippen LogP contribution in [-0.4, -0.2) is 34.3 Å². The Morgan fingerprint density at radius 3 is 2.34 bits per heavy atom. The van der Waals surface area contributed by atoms with Crippen molar-refractivity contribution in [2.45, 2.75) is 18.2 Å². The van der Waals surface area contributed by atoms with Crippen molar-refractivity contribution in [2.24, 2.45) is 5.14 Å². The smallest absolute Gasteiger partial charge is 0.347 e. The van der Waals surface area contributed by atoms with Crippen molar-refractivity contribution in [3.05, 3.63) is 76.3 Å². The summed E-state index contributed by atoms with van der Waals surface area (Å²) in [4.78, 5) is 15.9. The minimum atomic E-state index is -3.79. The largest absolute Gasteiger partial charge is 0.477 e. The Morgan fingerprint density at radius 2 is 1.78 bits per heavy atom. The summed E-state index contributed by atoms with van der Waals surface area (Å²) in [5.41, 5.74) is 9.83. The Balaban J connectivity index is 1.82. The lowest BCUT2D eigenvalue weighted by Gasteiger charge is -2.06. The molecule has 0 saturated carbocycles. The Bertz CT molecular complexity index is 1410. The third kappa shape index (κ3) is 4.13. The van der Waals surface area contributed by atoms with Gasteiger partial charge in [0.1, 0.15) is 10.7 Å². The second kappa shape index (κ2) is 8.19. The summed E-state index contributed by atoms with van der Waals surface area (Å²) < 4.78 is 24.5. The van der Waals surface area contributed by atoms with Crippen molar-refractivity contribution in [3.63, 3.8) is 0 Å². The molecule has 0 aliphatic rings. The fourth-order valence-electron chi connectivity index (χ4n) is 3.28. The minimum Gasteiger partial charge on any atom is -0.477 e. The molecular weight excluding hydrogens is 450 g/mol. The number of aromatic nitrogens is 3. The number of benzene rings is 2. The van der Waals surface area contributed by atoms with Gasteiger partial charge >= 0.3 is 5.97 Å². The standard InChI is InChI=1S/C21H19N5O4S2/c1-12-18(20(27)28)31-21(24-12)26-19(22)16(17(25-26)14-5-3-2-4-6-14)11-13-7-9-15(10-8-13)32(23,29)30/h2-10H,11,22H2,1H3,(H,27,28)(H2,23,29,30). The lowest BCUT2D eigenvalue weighted by molar-refractivity contribution is 0.0701. The van der Waals surface area contributed by atoms with E-state index in [0.717, 1.165) is 22.5 Å². The topological polar surface area (TPSA) is 154 Å². The SMILES string of the molecule is Cc1nc(-n2nc(-c3ccccc3)c(Cc3ccc(S(N)(=O)=O)cc3)c2N)sc1C(=O)O. The molecule has 9 nitrogen and oxygen atoms in total. The zero-order chi connectivity index (χ0) is 23.0. The molecular formula is C21H19N5O4S2. The van der Waals surface area contributed by atoms with Gasteiger partial charge in [-0.05, 0) is 24.6 Å². The number of hydrogen-bond donors (Lipinski definition) is 3. The molecule has 2 heterocycles. The van der Waals surface area contributed by atoms with Crippen LogP contribution in [0.3, 0.4) is 0 Å². The predicted octanol–water partition coefficient (Wildman–Crippen LogP) is 2.82. The minimum absolute atomic E-state index is 0.0210. The third-order valence-corrected chi connectivity index (χ3v) is 6.91. The molecule has 0 bridgehead atoms. The summed E-state index contributed by atoms with van der Waals surface area (Å²) in [5.74, 6) is -0.736. The maximum absolute atomic E-state index is 11.5. The monoisotopic (exact) mass is 469 g/mol. The lowest BCUT2D eigenvalue weighted by Crippen LogP contribution is -2.11. The van der Waals surface area contributed by atoms with Crippen molar-refractivity contribution in [1.29, 1.82) is 0 Å². The van der Waals surface area contributed by atoms with Gasteiger partial charge in [-0.3, -0.25) is 0 Å². The Kier molecular flexibility index (Phi) is 5.55. The molecule has 0 aliphatic carbocycles. The van der Waals surface area contributed by atoms with E-state index in [1.54, 1.807) is 19.1 Å². The van der Waals surface area contributed by atoms with Crippen LogP contribution in [0.15, 0.2) is 59.5 Å².